The van der Waals surface area contributed by atoms with Crippen LogP contribution in [-0.4, -0.2) is 35.5 Å². The van der Waals surface area contributed by atoms with E-state index < -0.39 is 0 Å². The van der Waals surface area contributed by atoms with Crippen molar-refractivity contribution in [3.63, 3.8) is 0 Å². The minimum atomic E-state index is 0.0759. The SMILES string of the molecule is CN(Cl)CC1(c2ccc(Cl)cc2)CCN(Cl)CC1. The minimum Gasteiger partial charge on any atom is -0.222 e. The Hall–Kier alpha value is 0.01000. The second-order valence-corrected chi connectivity index (χ2v) is 6.45. The van der Waals surface area contributed by atoms with E-state index in [0.29, 0.717) is 0 Å². The molecule has 2 nitrogen and oxygen atoms in total. The maximum absolute atomic E-state index is 6.08. The van der Waals surface area contributed by atoms with Gasteiger partial charge in [-0.2, -0.15) is 0 Å². The monoisotopic (exact) mass is 306 g/mol. The van der Waals surface area contributed by atoms with E-state index in [4.69, 9.17) is 35.2 Å². The Morgan fingerprint density at radius 3 is 2.28 bits per heavy atom. The van der Waals surface area contributed by atoms with Crippen LogP contribution in [0.15, 0.2) is 24.3 Å². The highest BCUT2D eigenvalue weighted by molar-refractivity contribution is 6.30. The lowest BCUT2D eigenvalue weighted by Gasteiger charge is -2.41. The van der Waals surface area contributed by atoms with Crippen LogP contribution in [0.2, 0.25) is 5.02 Å². The minimum absolute atomic E-state index is 0.0759. The molecule has 1 aromatic carbocycles. The predicted molar refractivity (Wildman–Crippen MR) is 78.3 cm³/mol. The first kappa shape index (κ1) is 14.4. The molecule has 2 rings (SSSR count). The molecule has 0 aliphatic carbocycles. The summed E-state index contributed by atoms with van der Waals surface area (Å²) in [4.78, 5) is 0. The van der Waals surface area contributed by atoms with E-state index in [1.54, 1.807) is 4.42 Å². The number of hydrogen-bond acceptors (Lipinski definition) is 2. The lowest BCUT2D eigenvalue weighted by molar-refractivity contribution is 0.210. The zero-order chi connectivity index (χ0) is 13.2. The molecule has 0 N–H and O–H groups in total. The normalized spacial score (nSPS) is 20.3. The zero-order valence-corrected chi connectivity index (χ0v) is 12.6. The first-order valence-electron chi connectivity index (χ1n) is 6.05. The van der Waals surface area contributed by atoms with Gasteiger partial charge in [-0.3, -0.25) is 0 Å². The second-order valence-electron chi connectivity index (χ2n) is 4.96. The van der Waals surface area contributed by atoms with Crippen molar-refractivity contribution in [2.24, 2.45) is 0 Å². The van der Waals surface area contributed by atoms with E-state index >= 15 is 0 Å². The molecule has 100 valence electrons. The van der Waals surface area contributed by atoms with Crippen LogP contribution in [0.1, 0.15) is 18.4 Å². The molecule has 0 spiro atoms. The third-order valence-corrected chi connectivity index (χ3v) is 4.35. The highest BCUT2D eigenvalue weighted by atomic mass is 35.5. The van der Waals surface area contributed by atoms with Crippen molar-refractivity contribution < 1.29 is 0 Å². The molecule has 0 aromatic heterocycles. The maximum atomic E-state index is 6.08. The average molecular weight is 308 g/mol. The smallest absolute Gasteiger partial charge is 0.0406 e. The molecule has 0 unspecified atom stereocenters. The Morgan fingerprint density at radius 1 is 1.22 bits per heavy atom. The Balaban J connectivity index is 2.27. The molecule has 0 saturated carbocycles. The van der Waals surface area contributed by atoms with E-state index in [0.717, 1.165) is 37.5 Å². The Bertz CT molecular complexity index is 384. The molecule has 0 bridgehead atoms. The van der Waals surface area contributed by atoms with Gasteiger partial charge in [0.15, 0.2) is 0 Å². The summed E-state index contributed by atoms with van der Waals surface area (Å²) in [7, 11) is 1.90. The van der Waals surface area contributed by atoms with Crippen molar-refractivity contribution in [1.29, 1.82) is 0 Å². The highest BCUT2D eigenvalue weighted by Crippen LogP contribution is 2.37. The van der Waals surface area contributed by atoms with Crippen molar-refractivity contribution in [2.45, 2.75) is 18.3 Å². The van der Waals surface area contributed by atoms with Gasteiger partial charge < -0.3 is 0 Å². The van der Waals surface area contributed by atoms with E-state index in [1.165, 1.54) is 5.56 Å². The number of rotatable bonds is 3. The largest absolute Gasteiger partial charge is 0.222 e. The second kappa shape index (κ2) is 5.98. The van der Waals surface area contributed by atoms with Crippen molar-refractivity contribution >= 4 is 35.2 Å². The summed E-state index contributed by atoms with van der Waals surface area (Å²) in [6, 6.07) is 8.10. The van der Waals surface area contributed by atoms with Crippen LogP contribution in [0.25, 0.3) is 0 Å². The molecule has 1 aliphatic rings. The molecule has 0 amide bonds. The van der Waals surface area contributed by atoms with Gasteiger partial charge in [-0.1, -0.05) is 23.7 Å². The van der Waals surface area contributed by atoms with Crippen LogP contribution in [0.4, 0.5) is 0 Å². The zero-order valence-electron chi connectivity index (χ0n) is 10.4. The molecule has 1 fully saturated rings. The van der Waals surface area contributed by atoms with Crippen LogP contribution in [0.5, 0.6) is 0 Å². The summed E-state index contributed by atoms with van der Waals surface area (Å²) in [6.45, 7) is 2.59. The van der Waals surface area contributed by atoms with Gasteiger partial charge >= 0.3 is 0 Å². The van der Waals surface area contributed by atoms with Gasteiger partial charge in [0.1, 0.15) is 0 Å². The quantitative estimate of drug-likeness (QED) is 0.781. The van der Waals surface area contributed by atoms with Gasteiger partial charge in [-0.25, -0.2) is 8.84 Å². The fraction of sp³-hybridized carbons (Fsp3) is 0.538. The Labute approximate surface area is 124 Å². The molecule has 0 atom stereocenters. The fourth-order valence-corrected chi connectivity index (χ4v) is 3.19. The number of benzene rings is 1. The van der Waals surface area contributed by atoms with Crippen molar-refractivity contribution in [3.05, 3.63) is 34.9 Å². The number of likely N-dealkylation sites (N-methyl/N-ethyl adjacent to an activating group) is 1. The molecule has 1 saturated heterocycles. The summed E-state index contributed by atoms with van der Waals surface area (Å²) in [5.41, 5.74) is 1.37. The van der Waals surface area contributed by atoms with Crippen LogP contribution >= 0.6 is 35.2 Å². The van der Waals surface area contributed by atoms with Crippen LogP contribution in [0, 0.1) is 0 Å². The van der Waals surface area contributed by atoms with E-state index in [9.17, 15) is 0 Å². The lowest BCUT2D eigenvalue weighted by Crippen LogP contribution is -2.44. The summed E-state index contributed by atoms with van der Waals surface area (Å²) < 4.78 is 3.58. The molecule has 1 heterocycles. The van der Waals surface area contributed by atoms with Gasteiger partial charge in [0, 0.05) is 37.1 Å². The third-order valence-electron chi connectivity index (χ3n) is 3.64. The van der Waals surface area contributed by atoms with E-state index in [1.807, 2.05) is 23.6 Å². The fourth-order valence-electron chi connectivity index (χ4n) is 2.67. The van der Waals surface area contributed by atoms with Gasteiger partial charge in [-0.05, 0) is 54.1 Å². The summed E-state index contributed by atoms with van der Waals surface area (Å²) in [5, 5.41) is 0.767. The molecule has 1 aromatic rings. The topological polar surface area (TPSA) is 6.48 Å². The number of halogens is 3. The summed E-state index contributed by atoms with van der Waals surface area (Å²) >= 11 is 18.1. The number of hydrogen-bond donors (Lipinski definition) is 0. The van der Waals surface area contributed by atoms with Crippen LogP contribution in [0.3, 0.4) is 0 Å². The number of piperidine rings is 1. The van der Waals surface area contributed by atoms with Gasteiger partial charge in [0.05, 0.1) is 0 Å². The Kier molecular flexibility index (Phi) is 4.79. The molecule has 0 radical (unpaired) electrons. The predicted octanol–water partition coefficient (Wildman–Crippen LogP) is 3.91. The van der Waals surface area contributed by atoms with Crippen molar-refractivity contribution in [3.8, 4) is 0 Å². The number of nitrogens with zero attached hydrogens (tertiary/aromatic N) is 2. The van der Waals surface area contributed by atoms with Crippen LogP contribution in [-0.2, 0) is 5.41 Å². The molecule has 18 heavy (non-hydrogen) atoms. The van der Waals surface area contributed by atoms with Gasteiger partial charge in [0.25, 0.3) is 0 Å². The molecular formula is C13H17Cl3N2. The van der Waals surface area contributed by atoms with Crippen molar-refractivity contribution in [1.82, 2.24) is 8.84 Å². The van der Waals surface area contributed by atoms with Crippen molar-refractivity contribution in [2.75, 3.05) is 26.7 Å². The van der Waals surface area contributed by atoms with Gasteiger partial charge in [-0.15, -0.1) is 0 Å². The summed E-state index contributed by atoms with van der Waals surface area (Å²) in [5.74, 6) is 0. The first-order valence-corrected chi connectivity index (χ1v) is 7.11. The molecular weight excluding hydrogens is 291 g/mol. The molecule has 5 heteroatoms. The van der Waals surface area contributed by atoms with Gasteiger partial charge in [0.2, 0.25) is 0 Å². The first-order chi connectivity index (χ1) is 8.52. The maximum Gasteiger partial charge on any atom is 0.0406 e. The van der Waals surface area contributed by atoms with E-state index in [-0.39, 0.29) is 5.41 Å². The standard InChI is InChI=1S/C13H17Cl3N2/c1-17(15)10-13(6-8-18(16)9-7-13)11-2-4-12(14)5-3-11/h2-5H,6-10H2,1H3. The highest BCUT2D eigenvalue weighted by Gasteiger charge is 2.36. The summed E-state index contributed by atoms with van der Waals surface area (Å²) in [6.07, 6.45) is 2.02. The van der Waals surface area contributed by atoms with Crippen LogP contribution < -0.4 is 0 Å². The Morgan fingerprint density at radius 2 is 1.78 bits per heavy atom. The van der Waals surface area contributed by atoms with E-state index in [2.05, 4.69) is 12.1 Å². The third kappa shape index (κ3) is 3.31. The average Bonchev–Trinajstić information content (AvgIpc) is 2.33. The molecule has 1 aliphatic heterocycles. The lowest BCUT2D eigenvalue weighted by atomic mass is 9.73.